The highest BCUT2D eigenvalue weighted by Crippen LogP contribution is 2.32. The lowest BCUT2D eigenvalue weighted by molar-refractivity contribution is -0.148. The average Bonchev–Trinajstić information content (AvgIpc) is 3.71. The number of esters is 1. The van der Waals surface area contributed by atoms with Crippen LogP contribution in [0.5, 0.6) is 0 Å². The lowest BCUT2D eigenvalue weighted by Gasteiger charge is -2.29. The molecule has 0 fully saturated rings. The van der Waals surface area contributed by atoms with Gasteiger partial charge < -0.3 is 30.3 Å². The average molecular weight is 722 g/mol. The van der Waals surface area contributed by atoms with Crippen molar-refractivity contribution < 1.29 is 38.7 Å². The van der Waals surface area contributed by atoms with E-state index in [0.29, 0.717) is 16.8 Å². The molecule has 0 bridgehead atoms. The van der Waals surface area contributed by atoms with Crippen molar-refractivity contribution in [2.45, 2.75) is 50.8 Å². The molecule has 4 aromatic rings. The number of benzene rings is 3. The Balaban J connectivity index is 1.35. The number of hydrogen-bond donors (Lipinski definition) is 4. The Bertz CT molecular complexity index is 1940. The fourth-order valence-electron chi connectivity index (χ4n) is 5.72. The van der Waals surface area contributed by atoms with E-state index in [9.17, 15) is 29.1 Å². The van der Waals surface area contributed by atoms with E-state index in [2.05, 4.69) is 20.8 Å². The fourth-order valence-corrected chi connectivity index (χ4v) is 6.27. The summed E-state index contributed by atoms with van der Waals surface area (Å²) in [5.74, 6) is -4.62. The second kappa shape index (κ2) is 15.6. The number of para-hydroxylation sites is 1. The van der Waals surface area contributed by atoms with Gasteiger partial charge in [0.2, 0.25) is 5.60 Å². The number of carboxylic acid groups (broad SMARTS) is 1. The fraction of sp³-hybridized carbons (Fsp3) is 0.278. The van der Waals surface area contributed by atoms with E-state index in [4.69, 9.17) is 32.8 Å². The molecule has 50 heavy (non-hydrogen) atoms. The number of Topliss-reactive ketones (excluding diaryl/α,β-unsaturated/α-hetero) is 1. The van der Waals surface area contributed by atoms with Gasteiger partial charge in [-0.2, -0.15) is 0 Å². The number of ketones is 1. The van der Waals surface area contributed by atoms with Crippen LogP contribution >= 0.6 is 23.2 Å². The van der Waals surface area contributed by atoms with E-state index in [0.717, 1.165) is 10.9 Å². The molecule has 260 valence electrons. The first kappa shape index (κ1) is 36.1. The van der Waals surface area contributed by atoms with Crippen molar-refractivity contribution in [3.63, 3.8) is 0 Å². The summed E-state index contributed by atoms with van der Waals surface area (Å²) in [4.78, 5) is 74.3. The second-order valence-corrected chi connectivity index (χ2v) is 13.0. The molecule has 0 saturated carbocycles. The number of carboxylic acids is 1. The largest absolute Gasteiger partial charge is 0.481 e. The quantitative estimate of drug-likeness (QED) is 0.126. The highest BCUT2D eigenvalue weighted by atomic mass is 35.5. The predicted molar refractivity (Wildman–Crippen MR) is 186 cm³/mol. The minimum Gasteiger partial charge on any atom is -0.481 e. The van der Waals surface area contributed by atoms with E-state index >= 15 is 0 Å². The Labute approximate surface area is 297 Å². The van der Waals surface area contributed by atoms with Gasteiger partial charge in [-0.05, 0) is 29.7 Å². The molecule has 4 N–H and O–H groups in total. The summed E-state index contributed by atoms with van der Waals surface area (Å²) in [5.41, 5.74) is 0.442. The normalized spacial score (nSPS) is 16.6. The van der Waals surface area contributed by atoms with Crippen LogP contribution in [0, 0.1) is 5.92 Å². The Morgan fingerprint density at radius 2 is 1.64 bits per heavy atom. The van der Waals surface area contributed by atoms with Crippen molar-refractivity contribution in [3.05, 3.63) is 106 Å². The lowest BCUT2D eigenvalue weighted by atomic mass is 9.84. The summed E-state index contributed by atoms with van der Waals surface area (Å²) in [6.07, 6.45) is 0.734. The third-order valence-corrected chi connectivity index (χ3v) is 8.91. The zero-order valence-electron chi connectivity index (χ0n) is 27.1. The molecule has 0 saturated heterocycles. The summed E-state index contributed by atoms with van der Waals surface area (Å²) in [5, 5.41) is 20.2. The molecule has 3 aromatic carbocycles. The maximum absolute atomic E-state index is 14.1. The van der Waals surface area contributed by atoms with Crippen molar-refractivity contribution >= 4 is 69.4 Å². The van der Waals surface area contributed by atoms with Gasteiger partial charge in [-0.1, -0.05) is 96.8 Å². The number of oxime groups is 1. The minimum absolute atomic E-state index is 0.000260. The zero-order chi connectivity index (χ0) is 36.0. The van der Waals surface area contributed by atoms with Gasteiger partial charge in [0.05, 0.1) is 39.3 Å². The van der Waals surface area contributed by atoms with Gasteiger partial charge >= 0.3 is 11.9 Å². The molecule has 1 aromatic heterocycles. The Kier molecular flexibility index (Phi) is 11.2. The Morgan fingerprint density at radius 1 is 0.960 bits per heavy atom. The molecule has 1 aliphatic heterocycles. The number of aromatic nitrogens is 1. The molecule has 0 radical (unpaired) electrons. The number of rotatable bonds is 14. The molecule has 3 atom stereocenters. The summed E-state index contributed by atoms with van der Waals surface area (Å²) in [6, 6.07) is 18.4. The lowest BCUT2D eigenvalue weighted by Crippen LogP contribution is -2.55. The second-order valence-electron chi connectivity index (χ2n) is 12.2. The molecular formula is C36H34Cl2N4O8. The first-order chi connectivity index (χ1) is 23.9. The number of carbonyl (C=O) groups is 5. The summed E-state index contributed by atoms with van der Waals surface area (Å²) in [6.45, 7) is 2.90. The number of carbonyl (C=O) groups excluding carboxylic acids is 4. The number of fused-ring (bicyclic) bond motifs is 1. The zero-order valence-corrected chi connectivity index (χ0v) is 28.6. The van der Waals surface area contributed by atoms with Gasteiger partial charge in [-0.3, -0.25) is 19.2 Å². The van der Waals surface area contributed by atoms with Crippen LogP contribution in [0.4, 0.5) is 0 Å². The standard InChI is InChI=1S/C36H34Cl2N4O8/c1-20(2)32(41-33(46)23-18-39-26-14-7-6-11-22(23)26)28-17-36(50-42-28,16-21-9-4-3-5-10-21)35(48)40-27(15-30(44)45)29(43)19-49-34(47)31-24(37)12-8-13-25(31)38/h3-14,18,20,27,32,39H,15-17,19H2,1-2H3,(H,40,48)(H,41,46)(H,44,45)/t27-,32-,36?/m0/s1. The predicted octanol–water partition coefficient (Wildman–Crippen LogP) is 5.37. The summed E-state index contributed by atoms with van der Waals surface area (Å²) < 4.78 is 5.11. The van der Waals surface area contributed by atoms with Gasteiger partial charge in [0.1, 0.15) is 6.04 Å². The maximum atomic E-state index is 14.1. The highest BCUT2D eigenvalue weighted by molar-refractivity contribution is 6.39. The van der Waals surface area contributed by atoms with Crippen LogP contribution in [-0.4, -0.2) is 69.6 Å². The number of nitrogens with one attached hydrogen (secondary N) is 3. The van der Waals surface area contributed by atoms with Crippen LogP contribution < -0.4 is 10.6 Å². The highest BCUT2D eigenvalue weighted by Gasteiger charge is 2.49. The minimum atomic E-state index is -1.71. The SMILES string of the molecule is CC(C)[C@H](NC(=O)c1c[nH]c2ccccc12)C1=NOC(Cc2ccccc2)(C(=O)N[C@@H](CC(=O)O)C(=O)COC(=O)c2c(Cl)cccc2Cl)C1. The number of halogens is 2. The first-order valence-electron chi connectivity index (χ1n) is 15.7. The monoisotopic (exact) mass is 720 g/mol. The van der Waals surface area contributed by atoms with E-state index in [1.807, 2.05) is 38.1 Å². The van der Waals surface area contributed by atoms with Gasteiger partial charge in [-0.25, -0.2) is 4.79 Å². The topological polar surface area (TPSA) is 176 Å². The van der Waals surface area contributed by atoms with Crippen molar-refractivity contribution in [3.8, 4) is 0 Å². The molecular weight excluding hydrogens is 687 g/mol. The number of aromatic amines is 1. The van der Waals surface area contributed by atoms with Crippen LogP contribution in [-0.2, 0) is 30.4 Å². The van der Waals surface area contributed by atoms with E-state index in [-0.39, 0.29) is 40.3 Å². The van der Waals surface area contributed by atoms with Crippen molar-refractivity contribution in [2.75, 3.05) is 6.61 Å². The molecule has 2 amide bonds. The number of ether oxygens (including phenoxy) is 1. The number of H-pyrrole nitrogens is 1. The first-order valence-corrected chi connectivity index (χ1v) is 16.5. The van der Waals surface area contributed by atoms with Crippen LogP contribution in [0.2, 0.25) is 10.0 Å². The van der Waals surface area contributed by atoms with Gasteiger partial charge in [0.25, 0.3) is 11.8 Å². The van der Waals surface area contributed by atoms with Crippen LogP contribution in [0.25, 0.3) is 10.9 Å². The van der Waals surface area contributed by atoms with Crippen LogP contribution in [0.1, 0.15) is 53.0 Å². The molecule has 12 nitrogen and oxygen atoms in total. The Hall–Kier alpha value is -5.20. The van der Waals surface area contributed by atoms with Gasteiger partial charge in [0.15, 0.2) is 12.4 Å². The number of aliphatic carboxylic acids is 1. The van der Waals surface area contributed by atoms with E-state index in [1.54, 1.807) is 36.5 Å². The molecule has 14 heteroatoms. The van der Waals surface area contributed by atoms with Crippen molar-refractivity contribution in [1.29, 1.82) is 0 Å². The third kappa shape index (κ3) is 8.15. The number of amides is 2. The van der Waals surface area contributed by atoms with E-state index in [1.165, 1.54) is 18.2 Å². The molecule has 2 heterocycles. The molecule has 0 aliphatic carbocycles. The molecule has 5 rings (SSSR count). The number of nitrogens with zero attached hydrogens (tertiary/aromatic N) is 1. The smallest absolute Gasteiger partial charge is 0.341 e. The number of hydrogen-bond acceptors (Lipinski definition) is 8. The van der Waals surface area contributed by atoms with Crippen molar-refractivity contribution in [1.82, 2.24) is 15.6 Å². The van der Waals surface area contributed by atoms with Gasteiger partial charge in [0, 0.05) is 29.9 Å². The molecule has 1 unspecified atom stereocenters. The third-order valence-electron chi connectivity index (χ3n) is 8.28. The maximum Gasteiger partial charge on any atom is 0.341 e. The van der Waals surface area contributed by atoms with Crippen LogP contribution in [0.15, 0.2) is 84.1 Å². The van der Waals surface area contributed by atoms with Gasteiger partial charge in [-0.15, -0.1) is 0 Å². The summed E-state index contributed by atoms with van der Waals surface area (Å²) in [7, 11) is 0. The van der Waals surface area contributed by atoms with E-state index < -0.39 is 54.3 Å². The molecule has 0 spiro atoms. The summed E-state index contributed by atoms with van der Waals surface area (Å²) >= 11 is 12.1. The Morgan fingerprint density at radius 3 is 2.32 bits per heavy atom. The molecule has 1 aliphatic rings. The van der Waals surface area contributed by atoms with Crippen LogP contribution in [0.3, 0.4) is 0 Å². The van der Waals surface area contributed by atoms with Crippen molar-refractivity contribution in [2.24, 2.45) is 11.1 Å².